The first-order chi connectivity index (χ1) is 6.74. The van der Waals surface area contributed by atoms with Crippen molar-refractivity contribution in [1.29, 1.82) is 0 Å². The van der Waals surface area contributed by atoms with Gasteiger partial charge in [0.1, 0.15) is 6.26 Å². The molecule has 0 saturated heterocycles. The minimum absolute atomic E-state index is 0.364. The molecule has 0 aromatic heterocycles. The third kappa shape index (κ3) is 2.94. The minimum Gasteiger partial charge on any atom is -0.500 e. The van der Waals surface area contributed by atoms with Gasteiger partial charge in [-0.25, -0.2) is 0 Å². The molecule has 0 unspecified atom stereocenters. The molecule has 0 radical (unpaired) electrons. The summed E-state index contributed by atoms with van der Waals surface area (Å²) in [5, 5.41) is 0. The predicted octanol–water partition coefficient (Wildman–Crippen LogP) is 2.19. The molecule has 0 fully saturated rings. The van der Waals surface area contributed by atoms with Crippen LogP contribution in [0.25, 0.3) is 5.76 Å². The van der Waals surface area contributed by atoms with Crippen LogP contribution in [0.5, 0.6) is 0 Å². The van der Waals surface area contributed by atoms with Crippen LogP contribution in [0.4, 0.5) is 0 Å². The maximum absolute atomic E-state index is 10.8. The lowest BCUT2D eigenvalue weighted by molar-refractivity contribution is -0.134. The number of benzene rings is 1. The molecule has 0 N–H and O–H groups in total. The van der Waals surface area contributed by atoms with E-state index in [0.717, 1.165) is 5.56 Å². The van der Waals surface area contributed by atoms with Gasteiger partial charge in [0.2, 0.25) is 0 Å². The molecule has 1 aromatic carbocycles. The van der Waals surface area contributed by atoms with Crippen LogP contribution >= 0.6 is 0 Å². The monoisotopic (exact) mass is 192 g/mol. The summed E-state index contributed by atoms with van der Waals surface area (Å²) in [6.45, 7) is 1.35. The Morgan fingerprint density at radius 3 is 2.43 bits per heavy atom. The molecule has 0 spiro atoms. The van der Waals surface area contributed by atoms with Crippen LogP contribution in [-0.2, 0) is 14.3 Å². The zero-order chi connectivity index (χ0) is 10.4. The summed E-state index contributed by atoms with van der Waals surface area (Å²) in [4.78, 5) is 10.8. The van der Waals surface area contributed by atoms with Crippen molar-refractivity contribution in [3.05, 3.63) is 42.2 Å². The lowest BCUT2D eigenvalue weighted by Gasteiger charge is -2.05. The molecule has 1 rings (SSSR count). The van der Waals surface area contributed by atoms with E-state index in [1.54, 1.807) is 0 Å². The van der Waals surface area contributed by atoms with Crippen molar-refractivity contribution in [3.63, 3.8) is 0 Å². The minimum atomic E-state index is -0.364. The molecule has 0 saturated carbocycles. The van der Waals surface area contributed by atoms with Crippen LogP contribution in [0, 0.1) is 0 Å². The van der Waals surface area contributed by atoms with Gasteiger partial charge in [0.15, 0.2) is 5.76 Å². The Hall–Kier alpha value is -1.77. The normalized spacial score (nSPS) is 10.9. The number of hydrogen-bond donors (Lipinski definition) is 0. The zero-order valence-corrected chi connectivity index (χ0v) is 8.19. The molecule has 0 bridgehead atoms. The fraction of sp³-hybridized carbons (Fsp3) is 0.182. The van der Waals surface area contributed by atoms with Crippen LogP contribution < -0.4 is 0 Å². The molecular weight excluding hydrogens is 180 g/mol. The van der Waals surface area contributed by atoms with Gasteiger partial charge in [-0.2, -0.15) is 0 Å². The zero-order valence-electron chi connectivity index (χ0n) is 8.19. The molecule has 0 aliphatic rings. The van der Waals surface area contributed by atoms with Gasteiger partial charge in [0.25, 0.3) is 0 Å². The SMILES string of the molecule is CO/C=C(/OC(C)=O)c1ccccc1. The summed E-state index contributed by atoms with van der Waals surface area (Å²) in [7, 11) is 1.51. The van der Waals surface area contributed by atoms with E-state index >= 15 is 0 Å². The lowest BCUT2D eigenvalue weighted by Crippen LogP contribution is -1.98. The average molecular weight is 192 g/mol. The second kappa shape index (κ2) is 5.07. The number of methoxy groups -OCH3 is 1. The highest BCUT2D eigenvalue weighted by Crippen LogP contribution is 2.15. The van der Waals surface area contributed by atoms with Gasteiger partial charge in [0, 0.05) is 12.5 Å². The van der Waals surface area contributed by atoms with E-state index in [1.165, 1.54) is 20.3 Å². The van der Waals surface area contributed by atoms with E-state index < -0.39 is 0 Å². The van der Waals surface area contributed by atoms with Crippen LogP contribution in [0.1, 0.15) is 12.5 Å². The Morgan fingerprint density at radius 2 is 1.93 bits per heavy atom. The van der Waals surface area contributed by atoms with Gasteiger partial charge < -0.3 is 9.47 Å². The number of rotatable bonds is 3. The molecule has 3 nitrogen and oxygen atoms in total. The summed E-state index contributed by atoms with van der Waals surface area (Å²) in [6, 6.07) is 9.30. The number of carbonyl (C=O) groups is 1. The molecule has 0 amide bonds. The highest BCUT2D eigenvalue weighted by Gasteiger charge is 2.04. The highest BCUT2D eigenvalue weighted by atomic mass is 16.5. The Kier molecular flexibility index (Phi) is 3.73. The standard InChI is InChI=1S/C11H12O3/c1-9(12)14-11(8-13-2)10-6-4-3-5-7-10/h3-8H,1-2H3/b11-8+. The molecule has 0 aliphatic heterocycles. The van der Waals surface area contributed by atoms with Gasteiger partial charge in [-0.05, 0) is 0 Å². The van der Waals surface area contributed by atoms with Crippen LogP contribution in [0.15, 0.2) is 36.6 Å². The smallest absolute Gasteiger partial charge is 0.308 e. The Labute approximate surface area is 83.0 Å². The second-order valence-electron chi connectivity index (χ2n) is 2.68. The topological polar surface area (TPSA) is 35.5 Å². The van der Waals surface area contributed by atoms with Crippen molar-refractivity contribution >= 4 is 11.7 Å². The molecule has 0 heterocycles. The molecule has 1 aromatic rings. The summed E-state index contributed by atoms with van der Waals surface area (Å²) in [6.07, 6.45) is 1.40. The van der Waals surface area contributed by atoms with Crippen LogP contribution in [0.2, 0.25) is 0 Å². The lowest BCUT2D eigenvalue weighted by atomic mass is 10.2. The predicted molar refractivity (Wildman–Crippen MR) is 53.2 cm³/mol. The van der Waals surface area contributed by atoms with Crippen molar-refractivity contribution in [2.24, 2.45) is 0 Å². The molecule has 3 heteroatoms. The maximum Gasteiger partial charge on any atom is 0.308 e. The Bertz CT molecular complexity index is 328. The highest BCUT2D eigenvalue weighted by molar-refractivity contribution is 5.75. The number of esters is 1. The molecule has 14 heavy (non-hydrogen) atoms. The number of hydrogen-bond acceptors (Lipinski definition) is 3. The Balaban J connectivity index is 2.89. The maximum atomic E-state index is 10.8. The first-order valence-corrected chi connectivity index (χ1v) is 4.21. The molecule has 74 valence electrons. The van der Waals surface area contributed by atoms with E-state index in [4.69, 9.17) is 9.47 Å². The van der Waals surface area contributed by atoms with E-state index in [-0.39, 0.29) is 5.97 Å². The van der Waals surface area contributed by atoms with Gasteiger partial charge in [-0.3, -0.25) is 4.79 Å². The van der Waals surface area contributed by atoms with E-state index in [9.17, 15) is 4.79 Å². The van der Waals surface area contributed by atoms with Crippen molar-refractivity contribution < 1.29 is 14.3 Å². The van der Waals surface area contributed by atoms with Gasteiger partial charge in [-0.15, -0.1) is 0 Å². The molecule has 0 aliphatic carbocycles. The first kappa shape index (κ1) is 10.3. The average Bonchev–Trinajstić information content (AvgIpc) is 2.18. The third-order valence-electron chi connectivity index (χ3n) is 1.54. The fourth-order valence-corrected chi connectivity index (χ4v) is 1.02. The quantitative estimate of drug-likeness (QED) is 0.544. The van der Waals surface area contributed by atoms with Crippen LogP contribution in [0.3, 0.4) is 0 Å². The van der Waals surface area contributed by atoms with Crippen molar-refractivity contribution in [1.82, 2.24) is 0 Å². The summed E-state index contributed by atoms with van der Waals surface area (Å²) >= 11 is 0. The number of carbonyl (C=O) groups excluding carboxylic acids is 1. The largest absolute Gasteiger partial charge is 0.500 e. The second-order valence-corrected chi connectivity index (χ2v) is 2.68. The Morgan fingerprint density at radius 1 is 1.29 bits per heavy atom. The van der Waals surface area contributed by atoms with Gasteiger partial charge >= 0.3 is 5.97 Å². The van der Waals surface area contributed by atoms with Crippen LogP contribution in [-0.4, -0.2) is 13.1 Å². The van der Waals surface area contributed by atoms with E-state index in [1.807, 2.05) is 30.3 Å². The van der Waals surface area contributed by atoms with E-state index in [0.29, 0.717) is 5.76 Å². The van der Waals surface area contributed by atoms with Gasteiger partial charge in [-0.1, -0.05) is 30.3 Å². The third-order valence-corrected chi connectivity index (χ3v) is 1.54. The summed E-state index contributed by atoms with van der Waals surface area (Å²) in [5.41, 5.74) is 0.810. The number of ether oxygens (including phenoxy) is 2. The fourth-order valence-electron chi connectivity index (χ4n) is 1.02. The molecule has 0 atom stereocenters. The van der Waals surface area contributed by atoms with Crippen molar-refractivity contribution in [2.75, 3.05) is 7.11 Å². The molecular formula is C11H12O3. The van der Waals surface area contributed by atoms with Gasteiger partial charge in [0.05, 0.1) is 7.11 Å². The van der Waals surface area contributed by atoms with Crippen molar-refractivity contribution in [2.45, 2.75) is 6.92 Å². The van der Waals surface area contributed by atoms with E-state index in [2.05, 4.69) is 0 Å². The first-order valence-electron chi connectivity index (χ1n) is 4.21. The summed E-state index contributed by atoms with van der Waals surface area (Å²) in [5.74, 6) is 0.0535. The van der Waals surface area contributed by atoms with Crippen molar-refractivity contribution in [3.8, 4) is 0 Å². The summed E-state index contributed by atoms with van der Waals surface area (Å²) < 4.78 is 9.79.